The van der Waals surface area contributed by atoms with E-state index in [1.807, 2.05) is 12.1 Å². The maximum atomic E-state index is 5.44. The number of ether oxygens (including phenoxy) is 2. The molecule has 0 spiro atoms. The molecule has 0 bridgehead atoms. The summed E-state index contributed by atoms with van der Waals surface area (Å²) in [5, 5.41) is 3.59. The summed E-state index contributed by atoms with van der Waals surface area (Å²) >= 11 is 0. The van der Waals surface area contributed by atoms with E-state index in [9.17, 15) is 0 Å². The summed E-state index contributed by atoms with van der Waals surface area (Å²) in [5.74, 6) is 2.54. The third-order valence-electron chi connectivity index (χ3n) is 4.62. The monoisotopic (exact) mass is 290 g/mol. The number of nitrogens with zero attached hydrogens (tertiary/aromatic N) is 1. The first-order chi connectivity index (χ1) is 10.3. The normalized spacial score (nSPS) is 22.5. The van der Waals surface area contributed by atoms with Crippen LogP contribution in [0.4, 0.5) is 0 Å². The molecule has 1 N–H and O–H groups in total. The Labute approximate surface area is 127 Å². The van der Waals surface area contributed by atoms with Crippen molar-refractivity contribution in [2.45, 2.75) is 31.8 Å². The largest absolute Gasteiger partial charge is 0.497 e. The Kier molecular flexibility index (Phi) is 4.66. The Morgan fingerprint density at radius 3 is 2.76 bits per heavy atom. The van der Waals surface area contributed by atoms with Crippen LogP contribution < -0.4 is 14.8 Å². The topological polar surface area (TPSA) is 33.7 Å². The van der Waals surface area contributed by atoms with Gasteiger partial charge >= 0.3 is 0 Å². The van der Waals surface area contributed by atoms with E-state index < -0.39 is 0 Å². The fourth-order valence-electron chi connectivity index (χ4n) is 3.21. The van der Waals surface area contributed by atoms with Gasteiger partial charge in [-0.25, -0.2) is 0 Å². The first kappa shape index (κ1) is 14.7. The first-order valence-electron chi connectivity index (χ1n) is 7.96. The van der Waals surface area contributed by atoms with Crippen molar-refractivity contribution in [1.82, 2.24) is 10.2 Å². The molecule has 1 aliphatic carbocycles. The summed E-state index contributed by atoms with van der Waals surface area (Å²) in [7, 11) is 3.39. The lowest BCUT2D eigenvalue weighted by Gasteiger charge is -2.16. The van der Waals surface area contributed by atoms with E-state index in [1.165, 1.54) is 37.9 Å². The zero-order valence-electron chi connectivity index (χ0n) is 13.1. The Balaban J connectivity index is 1.46. The molecule has 1 aromatic rings. The van der Waals surface area contributed by atoms with Crippen molar-refractivity contribution >= 4 is 0 Å². The molecule has 4 heteroatoms. The van der Waals surface area contributed by atoms with Crippen molar-refractivity contribution in [2.24, 2.45) is 5.92 Å². The predicted molar refractivity (Wildman–Crippen MR) is 84.0 cm³/mol. The second-order valence-corrected chi connectivity index (χ2v) is 6.19. The number of likely N-dealkylation sites (tertiary alicyclic amines) is 1. The van der Waals surface area contributed by atoms with Crippen molar-refractivity contribution in [3.8, 4) is 11.5 Å². The number of benzene rings is 1. The second-order valence-electron chi connectivity index (χ2n) is 6.19. The van der Waals surface area contributed by atoms with E-state index >= 15 is 0 Å². The van der Waals surface area contributed by atoms with Crippen LogP contribution in [0.3, 0.4) is 0 Å². The van der Waals surface area contributed by atoms with Gasteiger partial charge in [-0.15, -0.1) is 0 Å². The molecule has 1 aliphatic heterocycles. The molecule has 4 nitrogen and oxygen atoms in total. The van der Waals surface area contributed by atoms with Crippen LogP contribution in [0, 0.1) is 5.92 Å². The summed E-state index contributed by atoms with van der Waals surface area (Å²) in [5.41, 5.74) is 1.19. The summed E-state index contributed by atoms with van der Waals surface area (Å²) in [6, 6.07) is 6.93. The summed E-state index contributed by atoms with van der Waals surface area (Å²) in [6.45, 7) is 4.52. The van der Waals surface area contributed by atoms with Gasteiger partial charge in [-0.2, -0.15) is 0 Å². The van der Waals surface area contributed by atoms with Crippen LogP contribution in [0.5, 0.6) is 11.5 Å². The predicted octanol–water partition coefficient (Wildman–Crippen LogP) is 2.28. The Morgan fingerprint density at radius 2 is 2.05 bits per heavy atom. The number of nitrogens with one attached hydrogen (secondary N) is 1. The van der Waals surface area contributed by atoms with E-state index in [1.54, 1.807) is 14.2 Å². The van der Waals surface area contributed by atoms with Crippen molar-refractivity contribution in [3.63, 3.8) is 0 Å². The summed E-state index contributed by atoms with van der Waals surface area (Å²) < 4.78 is 10.7. The maximum Gasteiger partial charge on any atom is 0.127 e. The lowest BCUT2D eigenvalue weighted by Crippen LogP contribution is -2.27. The molecule has 0 radical (unpaired) electrons. The van der Waals surface area contributed by atoms with E-state index in [2.05, 4.69) is 16.3 Å². The van der Waals surface area contributed by atoms with Gasteiger partial charge in [0.25, 0.3) is 0 Å². The molecule has 1 atom stereocenters. The van der Waals surface area contributed by atoms with Gasteiger partial charge in [-0.3, -0.25) is 0 Å². The average molecular weight is 290 g/mol. The van der Waals surface area contributed by atoms with Crippen LogP contribution in [0.2, 0.25) is 0 Å². The molecule has 21 heavy (non-hydrogen) atoms. The van der Waals surface area contributed by atoms with Crippen LogP contribution in [0.1, 0.15) is 24.8 Å². The fraction of sp³-hybridized carbons (Fsp3) is 0.647. The Morgan fingerprint density at radius 1 is 1.19 bits per heavy atom. The van der Waals surface area contributed by atoms with Crippen LogP contribution in [-0.4, -0.2) is 44.8 Å². The molecule has 0 aromatic heterocycles. The molecular weight excluding hydrogens is 264 g/mol. The molecular formula is C17H26N2O2. The molecule has 1 saturated carbocycles. The molecule has 0 amide bonds. The average Bonchev–Trinajstić information content (AvgIpc) is 3.27. The first-order valence-corrected chi connectivity index (χ1v) is 7.96. The summed E-state index contributed by atoms with van der Waals surface area (Å²) in [4.78, 5) is 2.67. The van der Waals surface area contributed by atoms with Gasteiger partial charge in [-0.1, -0.05) is 6.07 Å². The Bertz CT molecular complexity index is 474. The number of hydrogen-bond acceptors (Lipinski definition) is 4. The quantitative estimate of drug-likeness (QED) is 0.835. The van der Waals surface area contributed by atoms with E-state index in [4.69, 9.17) is 9.47 Å². The van der Waals surface area contributed by atoms with Crippen molar-refractivity contribution < 1.29 is 9.47 Å². The molecule has 3 rings (SSSR count). The van der Waals surface area contributed by atoms with E-state index in [-0.39, 0.29) is 0 Å². The van der Waals surface area contributed by atoms with Gasteiger partial charge in [0, 0.05) is 30.8 Å². The maximum absolute atomic E-state index is 5.44. The highest BCUT2D eigenvalue weighted by Gasteiger charge is 2.33. The minimum atomic E-state index is 0.801. The highest BCUT2D eigenvalue weighted by Crippen LogP contribution is 2.31. The van der Waals surface area contributed by atoms with Gasteiger partial charge < -0.3 is 19.7 Å². The smallest absolute Gasteiger partial charge is 0.127 e. The van der Waals surface area contributed by atoms with Crippen molar-refractivity contribution in [1.29, 1.82) is 0 Å². The van der Waals surface area contributed by atoms with Gasteiger partial charge in [0.2, 0.25) is 0 Å². The van der Waals surface area contributed by atoms with Crippen LogP contribution in [-0.2, 0) is 6.54 Å². The van der Waals surface area contributed by atoms with Gasteiger partial charge in [0.1, 0.15) is 11.5 Å². The minimum Gasteiger partial charge on any atom is -0.497 e. The lowest BCUT2D eigenvalue weighted by atomic mass is 10.1. The van der Waals surface area contributed by atoms with Gasteiger partial charge in [0.15, 0.2) is 0 Å². The SMILES string of the molecule is COc1ccc(CNC[C@H]2CCN(C3CC3)C2)c(OC)c1. The third kappa shape index (κ3) is 3.69. The standard InChI is InChI=1S/C17H26N2O2/c1-20-16-6-3-14(17(9-16)21-2)11-18-10-13-7-8-19(12-13)15-4-5-15/h3,6,9,13,15,18H,4-5,7-8,10-12H2,1-2H3/t13-/m1/s1. The van der Waals surface area contributed by atoms with Crippen LogP contribution in [0.15, 0.2) is 18.2 Å². The van der Waals surface area contributed by atoms with Crippen molar-refractivity contribution in [3.05, 3.63) is 23.8 Å². The molecule has 1 heterocycles. The zero-order valence-corrected chi connectivity index (χ0v) is 13.1. The van der Waals surface area contributed by atoms with E-state index in [0.29, 0.717) is 0 Å². The highest BCUT2D eigenvalue weighted by atomic mass is 16.5. The van der Waals surface area contributed by atoms with Crippen LogP contribution >= 0.6 is 0 Å². The molecule has 0 unspecified atom stereocenters. The zero-order chi connectivity index (χ0) is 14.7. The molecule has 1 saturated heterocycles. The highest BCUT2D eigenvalue weighted by molar-refractivity contribution is 5.40. The van der Waals surface area contributed by atoms with Gasteiger partial charge in [0.05, 0.1) is 14.2 Å². The number of hydrogen-bond donors (Lipinski definition) is 1. The molecule has 2 fully saturated rings. The second kappa shape index (κ2) is 6.67. The third-order valence-corrected chi connectivity index (χ3v) is 4.62. The lowest BCUT2D eigenvalue weighted by molar-refractivity contribution is 0.311. The number of methoxy groups -OCH3 is 2. The fourth-order valence-corrected chi connectivity index (χ4v) is 3.21. The minimum absolute atomic E-state index is 0.801. The molecule has 2 aliphatic rings. The Hall–Kier alpha value is -1.26. The van der Waals surface area contributed by atoms with Crippen LogP contribution in [0.25, 0.3) is 0 Å². The van der Waals surface area contributed by atoms with Gasteiger partial charge in [-0.05, 0) is 44.3 Å². The van der Waals surface area contributed by atoms with Crippen molar-refractivity contribution in [2.75, 3.05) is 33.9 Å². The van der Waals surface area contributed by atoms with E-state index in [0.717, 1.165) is 36.5 Å². The number of rotatable bonds is 7. The summed E-state index contributed by atoms with van der Waals surface area (Å²) in [6.07, 6.45) is 4.18. The molecule has 1 aromatic carbocycles. The molecule has 116 valence electrons.